The number of benzene rings is 2. The average Bonchev–Trinajstić information content (AvgIpc) is 2.71. The van der Waals surface area contributed by atoms with Crippen LogP contribution in [-0.2, 0) is 16.1 Å². The third-order valence-corrected chi connectivity index (χ3v) is 4.85. The molecule has 3 aromatic rings. The maximum atomic E-state index is 12.5. The van der Waals surface area contributed by atoms with E-state index in [0.717, 1.165) is 11.3 Å². The van der Waals surface area contributed by atoms with Crippen LogP contribution in [0.1, 0.15) is 35.7 Å². The molecule has 3 rings (SSSR count). The number of Topliss-reactive ketones (excluding diaryl/α,β-unsaturated/α-hetero) is 2. The van der Waals surface area contributed by atoms with Gasteiger partial charge in [-0.1, -0.05) is 6.07 Å². The van der Waals surface area contributed by atoms with Crippen molar-refractivity contribution in [3.63, 3.8) is 0 Å². The Bertz CT molecular complexity index is 1200. The van der Waals surface area contributed by atoms with E-state index in [1.807, 2.05) is 0 Å². The number of carbonyl (C=O) groups is 3. The average molecular weight is 422 g/mol. The number of anilines is 2. The summed E-state index contributed by atoms with van der Waals surface area (Å²) in [5.74, 6) is -3.12. The number of aliphatic carboxylic acids is 1. The summed E-state index contributed by atoms with van der Waals surface area (Å²) in [6, 6.07) is 11.7. The van der Waals surface area contributed by atoms with Gasteiger partial charge in [-0.2, -0.15) is 0 Å². The van der Waals surface area contributed by atoms with E-state index in [1.165, 1.54) is 6.92 Å². The van der Waals surface area contributed by atoms with Crippen molar-refractivity contribution in [3.05, 3.63) is 63.9 Å². The maximum Gasteiger partial charge on any atom is 0.314 e. The lowest BCUT2D eigenvalue weighted by Crippen LogP contribution is -2.24. The zero-order chi connectivity index (χ0) is 22.5. The molecule has 0 spiro atoms. The molecule has 0 saturated carbocycles. The third kappa shape index (κ3) is 5.33. The van der Waals surface area contributed by atoms with Gasteiger partial charge in [-0.25, -0.2) is 4.98 Å². The zero-order valence-corrected chi connectivity index (χ0v) is 16.8. The molecular formula is C22H22N4O5. The third-order valence-electron chi connectivity index (χ3n) is 4.85. The van der Waals surface area contributed by atoms with Crippen LogP contribution >= 0.6 is 0 Å². The van der Waals surface area contributed by atoms with Crippen molar-refractivity contribution in [3.8, 4) is 0 Å². The number of carboxylic acids is 1. The number of nitrogens with two attached hydrogens (primary N) is 1. The van der Waals surface area contributed by atoms with Crippen molar-refractivity contribution in [2.45, 2.75) is 26.3 Å². The Balaban J connectivity index is 1.68. The Labute approximate surface area is 177 Å². The summed E-state index contributed by atoms with van der Waals surface area (Å²) in [6.45, 7) is 1.80. The van der Waals surface area contributed by atoms with Crippen LogP contribution in [0.25, 0.3) is 10.9 Å². The molecule has 9 nitrogen and oxygen atoms in total. The van der Waals surface area contributed by atoms with Gasteiger partial charge < -0.3 is 21.0 Å². The number of ketones is 2. The quantitative estimate of drug-likeness (QED) is 0.302. The summed E-state index contributed by atoms with van der Waals surface area (Å²) in [7, 11) is 0. The van der Waals surface area contributed by atoms with E-state index in [0.29, 0.717) is 17.4 Å². The number of hydrogen-bond acceptors (Lipinski definition) is 7. The Morgan fingerprint density at radius 1 is 1.16 bits per heavy atom. The van der Waals surface area contributed by atoms with E-state index in [4.69, 9.17) is 5.73 Å². The minimum absolute atomic E-state index is 0.0210. The highest BCUT2D eigenvalue weighted by atomic mass is 16.4. The monoisotopic (exact) mass is 422 g/mol. The van der Waals surface area contributed by atoms with Gasteiger partial charge in [-0.05, 0) is 55.3 Å². The van der Waals surface area contributed by atoms with E-state index in [1.54, 1.807) is 42.5 Å². The molecule has 1 aromatic heterocycles. The number of hydrogen-bond donors (Lipinski definition) is 4. The predicted octanol–water partition coefficient (Wildman–Crippen LogP) is 2.37. The lowest BCUT2D eigenvalue weighted by Gasteiger charge is -2.12. The first-order valence-electron chi connectivity index (χ1n) is 9.63. The number of nitrogens with one attached hydrogen (secondary N) is 2. The number of H-pyrrole nitrogens is 1. The molecule has 0 amide bonds. The number of aromatic nitrogens is 2. The Morgan fingerprint density at radius 3 is 2.52 bits per heavy atom. The molecule has 1 heterocycles. The minimum atomic E-state index is -1.25. The lowest BCUT2D eigenvalue weighted by molar-refractivity contribution is -0.140. The summed E-state index contributed by atoms with van der Waals surface area (Å²) in [5.41, 5.74) is 7.65. The second-order valence-electron chi connectivity index (χ2n) is 7.23. The van der Waals surface area contributed by atoms with Crippen molar-refractivity contribution in [1.82, 2.24) is 9.97 Å². The molecule has 160 valence electrons. The molecular weight excluding hydrogens is 400 g/mol. The fourth-order valence-corrected chi connectivity index (χ4v) is 3.19. The highest BCUT2D eigenvalue weighted by molar-refractivity contribution is 6.08. The normalized spacial score (nSPS) is 11.8. The first-order valence-corrected chi connectivity index (χ1v) is 9.63. The topological polar surface area (TPSA) is 155 Å². The number of rotatable bonds is 9. The molecule has 1 unspecified atom stereocenters. The SMILES string of the molecule is CC(=O)CCC(C(=O)O)C(=O)c1ccc(NCc2ccc3c(=O)[nH]c(N)nc3c2)cc1. The molecule has 0 radical (unpaired) electrons. The first-order chi connectivity index (χ1) is 14.7. The zero-order valence-electron chi connectivity index (χ0n) is 16.8. The van der Waals surface area contributed by atoms with Crippen LogP contribution in [0.15, 0.2) is 47.3 Å². The molecule has 5 N–H and O–H groups in total. The van der Waals surface area contributed by atoms with Crippen LogP contribution in [-0.4, -0.2) is 32.6 Å². The molecule has 0 aliphatic rings. The summed E-state index contributed by atoms with van der Waals surface area (Å²) >= 11 is 0. The number of nitrogen functional groups attached to an aromatic ring is 1. The van der Waals surface area contributed by atoms with Crippen LogP contribution in [0, 0.1) is 5.92 Å². The smallest absolute Gasteiger partial charge is 0.314 e. The van der Waals surface area contributed by atoms with Crippen molar-refractivity contribution >= 4 is 40.1 Å². The van der Waals surface area contributed by atoms with Crippen LogP contribution in [0.2, 0.25) is 0 Å². The van der Waals surface area contributed by atoms with E-state index >= 15 is 0 Å². The van der Waals surface area contributed by atoms with Gasteiger partial charge in [0.1, 0.15) is 11.7 Å². The van der Waals surface area contributed by atoms with Gasteiger partial charge in [0.25, 0.3) is 5.56 Å². The van der Waals surface area contributed by atoms with Gasteiger partial charge in [0.2, 0.25) is 5.95 Å². The molecule has 31 heavy (non-hydrogen) atoms. The molecule has 2 aromatic carbocycles. The van der Waals surface area contributed by atoms with Crippen molar-refractivity contribution < 1.29 is 19.5 Å². The van der Waals surface area contributed by atoms with E-state index < -0.39 is 17.7 Å². The Kier molecular flexibility index (Phi) is 6.44. The standard InChI is InChI=1S/C22H22N4O5/c1-12(27)2-8-17(21(30)31)19(28)14-4-6-15(7-5-14)24-11-13-3-9-16-18(10-13)25-22(23)26-20(16)29/h3-7,9-10,17,24H,2,8,11H2,1H3,(H,30,31)(H3,23,25,26,29). The molecule has 0 fully saturated rings. The number of carbonyl (C=O) groups excluding carboxylic acids is 2. The van der Waals surface area contributed by atoms with E-state index in [2.05, 4.69) is 15.3 Å². The van der Waals surface area contributed by atoms with Gasteiger partial charge in [-0.15, -0.1) is 0 Å². The lowest BCUT2D eigenvalue weighted by atomic mass is 9.92. The van der Waals surface area contributed by atoms with Crippen LogP contribution in [0.3, 0.4) is 0 Å². The number of fused-ring (bicyclic) bond motifs is 1. The van der Waals surface area contributed by atoms with E-state index in [-0.39, 0.29) is 35.7 Å². The molecule has 0 saturated heterocycles. The number of nitrogens with zero attached hydrogens (tertiary/aromatic N) is 1. The summed E-state index contributed by atoms with van der Waals surface area (Å²) in [6.07, 6.45) is 0.0212. The summed E-state index contributed by atoms with van der Waals surface area (Å²) in [4.78, 5) is 53.5. The van der Waals surface area contributed by atoms with Crippen molar-refractivity contribution in [1.29, 1.82) is 0 Å². The Hall–Kier alpha value is -4.01. The summed E-state index contributed by atoms with van der Waals surface area (Å²) < 4.78 is 0. The largest absolute Gasteiger partial charge is 0.481 e. The number of carboxylic acid groups (broad SMARTS) is 1. The molecule has 0 bridgehead atoms. The van der Waals surface area contributed by atoms with Crippen LogP contribution in [0.5, 0.6) is 0 Å². The molecule has 0 aliphatic carbocycles. The van der Waals surface area contributed by atoms with Crippen molar-refractivity contribution in [2.24, 2.45) is 5.92 Å². The van der Waals surface area contributed by atoms with Crippen molar-refractivity contribution in [2.75, 3.05) is 11.1 Å². The number of aromatic amines is 1. The van der Waals surface area contributed by atoms with Gasteiger partial charge >= 0.3 is 5.97 Å². The van der Waals surface area contributed by atoms with Gasteiger partial charge in [0.15, 0.2) is 5.78 Å². The first kappa shape index (κ1) is 21.7. The van der Waals surface area contributed by atoms with E-state index in [9.17, 15) is 24.3 Å². The second kappa shape index (κ2) is 9.21. The predicted molar refractivity (Wildman–Crippen MR) is 116 cm³/mol. The van der Waals surface area contributed by atoms with Crippen LogP contribution < -0.4 is 16.6 Å². The molecule has 1 atom stereocenters. The summed E-state index contributed by atoms with van der Waals surface area (Å²) in [5, 5.41) is 13.0. The minimum Gasteiger partial charge on any atom is -0.481 e. The Morgan fingerprint density at radius 2 is 1.87 bits per heavy atom. The highest BCUT2D eigenvalue weighted by Gasteiger charge is 2.27. The van der Waals surface area contributed by atoms with Gasteiger partial charge in [0.05, 0.1) is 10.9 Å². The maximum absolute atomic E-state index is 12.5. The molecule has 0 aliphatic heterocycles. The highest BCUT2D eigenvalue weighted by Crippen LogP contribution is 2.19. The second-order valence-corrected chi connectivity index (χ2v) is 7.23. The fourth-order valence-electron chi connectivity index (χ4n) is 3.19. The molecule has 9 heteroatoms. The van der Waals surface area contributed by atoms with Crippen LogP contribution in [0.4, 0.5) is 11.6 Å². The fraction of sp³-hybridized carbons (Fsp3) is 0.227. The van der Waals surface area contributed by atoms with Gasteiger partial charge in [-0.3, -0.25) is 19.4 Å². The van der Waals surface area contributed by atoms with Gasteiger partial charge in [0, 0.05) is 24.2 Å².